The third-order valence-electron chi connectivity index (χ3n) is 3.13. The van der Waals surface area contributed by atoms with Crippen LogP contribution in [0.1, 0.15) is 16.7 Å². The van der Waals surface area contributed by atoms with E-state index in [9.17, 15) is 4.39 Å². The Hall–Kier alpha value is -2.03. The van der Waals surface area contributed by atoms with Crippen LogP contribution in [0.4, 0.5) is 10.1 Å². The molecule has 0 atom stereocenters. The van der Waals surface area contributed by atoms with E-state index in [0.29, 0.717) is 12.3 Å². The molecular formula is C16H18FNO. The first-order valence-electron chi connectivity index (χ1n) is 6.23. The Bertz CT molecular complexity index is 581. The Labute approximate surface area is 113 Å². The maximum Gasteiger partial charge on any atom is 0.144 e. The highest BCUT2D eigenvalue weighted by molar-refractivity contribution is 5.56. The number of hydrogen-bond acceptors (Lipinski definition) is 2. The van der Waals surface area contributed by atoms with Gasteiger partial charge in [-0.05, 0) is 37.1 Å². The van der Waals surface area contributed by atoms with Gasteiger partial charge in [-0.2, -0.15) is 0 Å². The molecule has 3 heteroatoms. The van der Waals surface area contributed by atoms with Gasteiger partial charge >= 0.3 is 0 Å². The highest BCUT2D eigenvalue weighted by atomic mass is 19.1. The van der Waals surface area contributed by atoms with Gasteiger partial charge in [0.15, 0.2) is 0 Å². The van der Waals surface area contributed by atoms with Crippen molar-refractivity contribution in [3.63, 3.8) is 0 Å². The second kappa shape index (κ2) is 5.74. The van der Waals surface area contributed by atoms with E-state index in [-0.39, 0.29) is 5.82 Å². The normalized spacial score (nSPS) is 10.3. The zero-order chi connectivity index (χ0) is 13.8. The van der Waals surface area contributed by atoms with Gasteiger partial charge in [-0.15, -0.1) is 0 Å². The van der Waals surface area contributed by atoms with Gasteiger partial charge < -0.3 is 10.1 Å². The van der Waals surface area contributed by atoms with E-state index in [2.05, 4.69) is 37.4 Å². The first kappa shape index (κ1) is 13.4. The smallest absolute Gasteiger partial charge is 0.144 e. The first-order chi connectivity index (χ1) is 9.10. The van der Waals surface area contributed by atoms with Crippen molar-refractivity contribution < 1.29 is 9.13 Å². The summed E-state index contributed by atoms with van der Waals surface area (Å²) >= 11 is 0. The van der Waals surface area contributed by atoms with Crippen LogP contribution in [0.5, 0.6) is 5.75 Å². The Balaban J connectivity index is 2.14. The molecule has 0 saturated heterocycles. The SMILES string of the molecule is COc1cc(F)ccc1NCc1ccc(C)cc1C. The number of methoxy groups -OCH3 is 1. The lowest BCUT2D eigenvalue weighted by Crippen LogP contribution is -2.03. The average molecular weight is 259 g/mol. The molecule has 0 aliphatic heterocycles. The van der Waals surface area contributed by atoms with Gasteiger partial charge in [0.1, 0.15) is 11.6 Å². The van der Waals surface area contributed by atoms with E-state index >= 15 is 0 Å². The average Bonchev–Trinajstić information content (AvgIpc) is 2.39. The minimum absolute atomic E-state index is 0.297. The standard InChI is InChI=1S/C16H18FNO/c1-11-4-5-13(12(2)8-11)10-18-15-7-6-14(17)9-16(15)19-3/h4-9,18H,10H2,1-3H3. The largest absolute Gasteiger partial charge is 0.494 e. The lowest BCUT2D eigenvalue weighted by atomic mass is 10.1. The van der Waals surface area contributed by atoms with Crippen LogP contribution in [0.2, 0.25) is 0 Å². The van der Waals surface area contributed by atoms with Crippen LogP contribution in [0.3, 0.4) is 0 Å². The van der Waals surface area contributed by atoms with Crippen LogP contribution in [-0.4, -0.2) is 7.11 Å². The fraction of sp³-hybridized carbons (Fsp3) is 0.250. The molecule has 0 saturated carbocycles. The van der Waals surface area contributed by atoms with Crippen molar-refractivity contribution in [2.75, 3.05) is 12.4 Å². The lowest BCUT2D eigenvalue weighted by molar-refractivity contribution is 0.413. The molecule has 0 aliphatic rings. The maximum absolute atomic E-state index is 13.1. The number of ether oxygens (including phenoxy) is 1. The summed E-state index contributed by atoms with van der Waals surface area (Å²) in [6, 6.07) is 10.8. The number of hydrogen-bond donors (Lipinski definition) is 1. The number of benzene rings is 2. The maximum atomic E-state index is 13.1. The molecule has 0 radical (unpaired) electrons. The molecule has 2 aromatic rings. The van der Waals surface area contributed by atoms with Crippen LogP contribution < -0.4 is 10.1 Å². The van der Waals surface area contributed by atoms with E-state index < -0.39 is 0 Å². The van der Waals surface area contributed by atoms with Crippen molar-refractivity contribution in [1.29, 1.82) is 0 Å². The van der Waals surface area contributed by atoms with Gasteiger partial charge in [-0.25, -0.2) is 4.39 Å². The molecule has 0 aromatic heterocycles. The lowest BCUT2D eigenvalue weighted by Gasteiger charge is -2.13. The zero-order valence-corrected chi connectivity index (χ0v) is 11.5. The van der Waals surface area contributed by atoms with Crippen LogP contribution in [0.25, 0.3) is 0 Å². The summed E-state index contributed by atoms with van der Waals surface area (Å²) in [5, 5.41) is 3.28. The molecule has 1 N–H and O–H groups in total. The fourth-order valence-corrected chi connectivity index (χ4v) is 2.05. The fourth-order valence-electron chi connectivity index (χ4n) is 2.05. The minimum atomic E-state index is -0.297. The Morgan fingerprint density at radius 1 is 1.11 bits per heavy atom. The topological polar surface area (TPSA) is 21.3 Å². The molecule has 0 spiro atoms. The van der Waals surface area contributed by atoms with E-state index in [4.69, 9.17) is 4.74 Å². The minimum Gasteiger partial charge on any atom is -0.494 e. The van der Waals surface area contributed by atoms with Crippen molar-refractivity contribution in [3.8, 4) is 5.75 Å². The van der Waals surface area contributed by atoms with Crippen LogP contribution in [-0.2, 0) is 6.54 Å². The number of nitrogens with one attached hydrogen (secondary N) is 1. The summed E-state index contributed by atoms with van der Waals surface area (Å²) < 4.78 is 18.3. The second-order valence-corrected chi connectivity index (χ2v) is 4.63. The van der Waals surface area contributed by atoms with Crippen molar-refractivity contribution in [1.82, 2.24) is 0 Å². The van der Waals surface area contributed by atoms with Crippen LogP contribution in [0.15, 0.2) is 36.4 Å². The summed E-state index contributed by atoms with van der Waals surface area (Å²) in [4.78, 5) is 0. The Morgan fingerprint density at radius 2 is 1.89 bits per heavy atom. The predicted molar refractivity (Wildman–Crippen MR) is 76.2 cm³/mol. The first-order valence-corrected chi connectivity index (χ1v) is 6.23. The molecule has 0 unspecified atom stereocenters. The summed E-state index contributed by atoms with van der Waals surface area (Å²) in [7, 11) is 1.54. The molecule has 0 bridgehead atoms. The van der Waals surface area contributed by atoms with Crippen LogP contribution >= 0.6 is 0 Å². The van der Waals surface area contributed by atoms with Gasteiger partial charge in [0, 0.05) is 12.6 Å². The number of rotatable bonds is 4. The molecule has 100 valence electrons. The van der Waals surface area contributed by atoms with E-state index in [1.807, 2.05) is 0 Å². The van der Waals surface area contributed by atoms with E-state index in [1.54, 1.807) is 6.07 Å². The molecule has 0 fully saturated rings. The van der Waals surface area contributed by atoms with E-state index in [0.717, 1.165) is 5.69 Å². The quantitative estimate of drug-likeness (QED) is 0.894. The molecule has 0 aliphatic carbocycles. The molecule has 2 aromatic carbocycles. The van der Waals surface area contributed by atoms with Gasteiger partial charge in [0.2, 0.25) is 0 Å². The second-order valence-electron chi connectivity index (χ2n) is 4.63. The summed E-state index contributed by atoms with van der Waals surface area (Å²) in [5.74, 6) is 0.221. The summed E-state index contributed by atoms with van der Waals surface area (Å²) in [6.07, 6.45) is 0. The highest BCUT2D eigenvalue weighted by Gasteiger charge is 2.05. The van der Waals surface area contributed by atoms with Gasteiger partial charge in [0.05, 0.1) is 12.8 Å². The predicted octanol–water partition coefficient (Wildman–Crippen LogP) is 4.06. The zero-order valence-electron chi connectivity index (χ0n) is 11.5. The summed E-state index contributed by atoms with van der Waals surface area (Å²) in [5.41, 5.74) is 4.51. The number of halogens is 1. The molecule has 19 heavy (non-hydrogen) atoms. The molecule has 2 nitrogen and oxygen atoms in total. The van der Waals surface area contributed by atoms with Crippen molar-refractivity contribution >= 4 is 5.69 Å². The third kappa shape index (κ3) is 3.25. The van der Waals surface area contributed by atoms with Gasteiger partial charge in [0.25, 0.3) is 0 Å². The molecule has 0 amide bonds. The third-order valence-corrected chi connectivity index (χ3v) is 3.13. The van der Waals surface area contributed by atoms with Crippen LogP contribution in [0, 0.1) is 19.7 Å². The Morgan fingerprint density at radius 3 is 2.58 bits per heavy atom. The molecular weight excluding hydrogens is 241 g/mol. The van der Waals surface area contributed by atoms with Crippen molar-refractivity contribution in [3.05, 3.63) is 58.9 Å². The summed E-state index contributed by atoms with van der Waals surface area (Å²) in [6.45, 7) is 4.85. The number of aryl methyl sites for hydroxylation is 2. The van der Waals surface area contributed by atoms with E-state index in [1.165, 1.54) is 35.9 Å². The monoisotopic (exact) mass is 259 g/mol. The molecule has 0 heterocycles. The van der Waals surface area contributed by atoms with Gasteiger partial charge in [-0.3, -0.25) is 0 Å². The van der Waals surface area contributed by atoms with Crippen molar-refractivity contribution in [2.24, 2.45) is 0 Å². The van der Waals surface area contributed by atoms with Gasteiger partial charge in [-0.1, -0.05) is 23.8 Å². The highest BCUT2D eigenvalue weighted by Crippen LogP contribution is 2.25. The van der Waals surface area contributed by atoms with Crippen molar-refractivity contribution in [2.45, 2.75) is 20.4 Å². The number of anilines is 1. The molecule has 2 rings (SSSR count). The Kier molecular flexibility index (Phi) is 4.05.